The molecular weight excluding hydrogens is 377 g/mol. The first-order chi connectivity index (χ1) is 13.5. The van der Waals surface area contributed by atoms with Crippen molar-refractivity contribution in [2.45, 2.75) is 0 Å². The Bertz CT molecular complexity index is 1170. The highest BCUT2D eigenvalue weighted by Crippen LogP contribution is 2.40. The number of hydrogen-bond acceptors (Lipinski definition) is 4. The molecule has 0 radical (unpaired) electrons. The molecule has 0 atom stereocenters. The topological polar surface area (TPSA) is 53.7 Å². The predicted octanol–water partition coefficient (Wildman–Crippen LogP) is 5.89. The average molecular weight is 393 g/mol. The summed E-state index contributed by atoms with van der Waals surface area (Å²) in [7, 11) is 1.79. The lowest BCUT2D eigenvalue weighted by Crippen LogP contribution is -2.03. The fourth-order valence-corrected chi connectivity index (χ4v) is 3.43. The number of halogens is 1. The van der Waals surface area contributed by atoms with Crippen molar-refractivity contribution < 1.29 is 18.7 Å². The van der Waals surface area contributed by atoms with Gasteiger partial charge in [0.05, 0.1) is 5.69 Å². The molecule has 0 fully saturated rings. The quantitative estimate of drug-likeness (QED) is 0.425. The molecule has 0 aliphatic rings. The maximum Gasteiger partial charge on any atom is 0.340 e. The highest BCUT2D eigenvalue weighted by atomic mass is 32.1. The van der Waals surface area contributed by atoms with Crippen molar-refractivity contribution in [2.75, 3.05) is 11.4 Å². The molecule has 0 spiro atoms. The summed E-state index contributed by atoms with van der Waals surface area (Å²) in [6.45, 7) is 0. The van der Waals surface area contributed by atoms with Gasteiger partial charge in [-0.25, -0.2) is 9.18 Å². The lowest BCUT2D eigenvalue weighted by atomic mass is 9.99. The minimum Gasteiger partial charge on any atom is -0.478 e. The Hall–Kier alpha value is -3.25. The van der Waals surface area contributed by atoms with E-state index in [4.69, 9.17) is 4.42 Å². The van der Waals surface area contributed by atoms with E-state index in [9.17, 15) is 14.3 Å². The van der Waals surface area contributed by atoms with Crippen LogP contribution in [0.4, 0.5) is 10.1 Å². The molecule has 4 rings (SSSR count). The number of furan rings is 1. The highest BCUT2D eigenvalue weighted by Gasteiger charge is 2.24. The van der Waals surface area contributed by atoms with Gasteiger partial charge in [0.1, 0.15) is 22.7 Å². The Morgan fingerprint density at radius 2 is 1.71 bits per heavy atom. The number of anilines is 1. The number of benzene rings is 3. The van der Waals surface area contributed by atoms with Crippen LogP contribution in [0.5, 0.6) is 0 Å². The van der Waals surface area contributed by atoms with E-state index < -0.39 is 11.8 Å². The van der Waals surface area contributed by atoms with Gasteiger partial charge in [-0.2, -0.15) is 0 Å². The van der Waals surface area contributed by atoms with Crippen LogP contribution in [0.15, 0.2) is 71.1 Å². The number of hydrogen-bond donors (Lipinski definition) is 2. The molecule has 1 heterocycles. The van der Waals surface area contributed by atoms with Gasteiger partial charge in [-0.3, -0.25) is 0 Å². The first-order valence-electron chi connectivity index (χ1n) is 8.53. The highest BCUT2D eigenvalue weighted by molar-refractivity contribution is 7.81. The summed E-state index contributed by atoms with van der Waals surface area (Å²) >= 11 is 4.42. The minimum atomic E-state index is -1.11. The van der Waals surface area contributed by atoms with E-state index in [1.165, 1.54) is 24.3 Å². The van der Waals surface area contributed by atoms with Gasteiger partial charge >= 0.3 is 5.97 Å². The maximum absolute atomic E-state index is 13.3. The first-order valence-corrected chi connectivity index (χ1v) is 8.93. The summed E-state index contributed by atoms with van der Waals surface area (Å²) in [4.78, 5) is 12.0. The van der Waals surface area contributed by atoms with Crippen LogP contribution in [0.2, 0.25) is 0 Å². The van der Waals surface area contributed by atoms with Crippen LogP contribution in [0.25, 0.3) is 33.4 Å². The molecule has 0 bridgehead atoms. The lowest BCUT2D eigenvalue weighted by Gasteiger charge is -2.16. The second kappa shape index (κ2) is 7.05. The Kier molecular flexibility index (Phi) is 4.57. The molecule has 1 N–H and O–H groups in total. The summed E-state index contributed by atoms with van der Waals surface area (Å²) in [6.07, 6.45) is 0. The van der Waals surface area contributed by atoms with Gasteiger partial charge in [-0.05, 0) is 35.9 Å². The maximum atomic E-state index is 13.3. The first kappa shape index (κ1) is 18.1. The van der Waals surface area contributed by atoms with Crippen molar-refractivity contribution in [3.63, 3.8) is 0 Å². The van der Waals surface area contributed by atoms with Gasteiger partial charge in [-0.1, -0.05) is 43.1 Å². The van der Waals surface area contributed by atoms with Crippen LogP contribution in [-0.4, -0.2) is 18.1 Å². The number of fused-ring (bicyclic) bond motifs is 1. The van der Waals surface area contributed by atoms with Crippen LogP contribution in [-0.2, 0) is 0 Å². The molecule has 1 aromatic heterocycles. The normalized spacial score (nSPS) is 11.0. The van der Waals surface area contributed by atoms with Crippen LogP contribution in [0.1, 0.15) is 10.4 Å². The SMILES string of the molecule is CN(S)c1cc2oc(-c3ccc(F)cc3)c(C(=O)O)c2cc1-c1ccccc1. The second-order valence-electron chi connectivity index (χ2n) is 6.37. The van der Waals surface area contributed by atoms with E-state index in [2.05, 4.69) is 12.8 Å². The predicted molar refractivity (Wildman–Crippen MR) is 111 cm³/mol. The molecule has 0 aliphatic heterocycles. The summed E-state index contributed by atoms with van der Waals surface area (Å²) in [5, 5.41) is 10.3. The largest absolute Gasteiger partial charge is 0.478 e. The van der Waals surface area contributed by atoms with Gasteiger partial charge in [-0.15, -0.1) is 0 Å². The fourth-order valence-electron chi connectivity index (χ4n) is 3.27. The van der Waals surface area contributed by atoms with Gasteiger partial charge in [0.25, 0.3) is 0 Å². The lowest BCUT2D eigenvalue weighted by molar-refractivity contribution is 0.0699. The van der Waals surface area contributed by atoms with E-state index in [1.54, 1.807) is 23.5 Å². The number of rotatable bonds is 4. The number of carboxylic acid groups (broad SMARTS) is 1. The zero-order chi connectivity index (χ0) is 19.8. The fraction of sp³-hybridized carbons (Fsp3) is 0.0455. The number of carboxylic acids is 1. The van der Waals surface area contributed by atoms with E-state index in [0.717, 1.165) is 16.8 Å². The van der Waals surface area contributed by atoms with Gasteiger partial charge in [0, 0.05) is 29.6 Å². The molecule has 0 unspecified atom stereocenters. The van der Waals surface area contributed by atoms with Crippen molar-refractivity contribution in [1.82, 2.24) is 0 Å². The molecule has 0 saturated carbocycles. The van der Waals surface area contributed by atoms with Gasteiger partial charge in [0.15, 0.2) is 0 Å². The van der Waals surface area contributed by atoms with E-state index in [0.29, 0.717) is 16.5 Å². The molecule has 6 heteroatoms. The monoisotopic (exact) mass is 393 g/mol. The smallest absolute Gasteiger partial charge is 0.340 e. The van der Waals surface area contributed by atoms with Crippen LogP contribution < -0.4 is 4.31 Å². The molecule has 4 aromatic rings. The number of thiol groups is 1. The van der Waals surface area contributed by atoms with Crippen LogP contribution in [0, 0.1) is 5.82 Å². The van der Waals surface area contributed by atoms with Crippen molar-refractivity contribution in [2.24, 2.45) is 0 Å². The second-order valence-corrected chi connectivity index (χ2v) is 6.97. The standard InChI is InChI=1S/C22H16FNO3S/c1-24(28)18-12-19-17(11-16(18)13-5-3-2-4-6-13)20(22(25)26)21(27-19)14-7-9-15(23)10-8-14/h2-12,28H,1H3,(H,25,26). The molecule has 4 nitrogen and oxygen atoms in total. The zero-order valence-electron chi connectivity index (χ0n) is 14.9. The summed E-state index contributed by atoms with van der Waals surface area (Å²) in [5.41, 5.74) is 3.51. The van der Waals surface area contributed by atoms with E-state index in [-0.39, 0.29) is 11.3 Å². The molecule has 0 saturated heterocycles. The molecule has 0 amide bonds. The van der Waals surface area contributed by atoms with Crippen molar-refractivity contribution >= 4 is 35.4 Å². The Morgan fingerprint density at radius 1 is 1.04 bits per heavy atom. The molecule has 0 aliphatic carbocycles. The van der Waals surface area contributed by atoms with Crippen molar-refractivity contribution in [1.29, 1.82) is 0 Å². The third-order valence-electron chi connectivity index (χ3n) is 4.56. The minimum absolute atomic E-state index is 0.0483. The summed E-state index contributed by atoms with van der Waals surface area (Å²) in [6, 6.07) is 18.8. The molecular formula is C22H16FNO3S. The Labute approximate surface area is 166 Å². The molecule has 28 heavy (non-hydrogen) atoms. The van der Waals surface area contributed by atoms with Gasteiger partial charge < -0.3 is 13.8 Å². The third-order valence-corrected chi connectivity index (χ3v) is 4.78. The number of aromatic carboxylic acids is 1. The number of nitrogens with zero attached hydrogens (tertiary/aromatic N) is 1. The Balaban J connectivity index is 2.03. The summed E-state index contributed by atoms with van der Waals surface area (Å²) < 4.78 is 20.8. The average Bonchev–Trinajstić information content (AvgIpc) is 3.07. The summed E-state index contributed by atoms with van der Waals surface area (Å²) in [5.74, 6) is -1.31. The molecule has 3 aromatic carbocycles. The number of carbonyl (C=O) groups is 1. The van der Waals surface area contributed by atoms with Gasteiger partial charge in [0.2, 0.25) is 0 Å². The van der Waals surface area contributed by atoms with Crippen LogP contribution in [0.3, 0.4) is 0 Å². The zero-order valence-corrected chi connectivity index (χ0v) is 15.8. The third kappa shape index (κ3) is 3.12. The van der Waals surface area contributed by atoms with Crippen LogP contribution >= 0.6 is 12.8 Å². The molecule has 140 valence electrons. The van der Waals surface area contributed by atoms with Crippen molar-refractivity contribution in [3.8, 4) is 22.5 Å². The Morgan fingerprint density at radius 3 is 2.32 bits per heavy atom. The van der Waals surface area contributed by atoms with E-state index in [1.807, 2.05) is 30.3 Å². The van der Waals surface area contributed by atoms with Crippen molar-refractivity contribution in [3.05, 3.63) is 78.1 Å². The van der Waals surface area contributed by atoms with E-state index >= 15 is 0 Å².